The number of halogens is 1. The zero-order valence-corrected chi connectivity index (χ0v) is 15.7. The van der Waals surface area contributed by atoms with Crippen LogP contribution >= 0.6 is 11.3 Å². The van der Waals surface area contributed by atoms with Crippen LogP contribution in [0.4, 0.5) is 22.0 Å². The van der Waals surface area contributed by atoms with Gasteiger partial charge in [0.1, 0.15) is 17.5 Å². The Labute approximate surface area is 164 Å². The van der Waals surface area contributed by atoms with Gasteiger partial charge in [-0.3, -0.25) is 9.97 Å². The number of nitrogens with zero attached hydrogens (tertiary/aromatic N) is 5. The molecule has 0 unspecified atom stereocenters. The predicted octanol–water partition coefficient (Wildman–Crippen LogP) is 4.45. The summed E-state index contributed by atoms with van der Waals surface area (Å²) >= 11 is 1.49. The maximum Gasteiger partial charge on any atom is 0.225 e. The van der Waals surface area contributed by atoms with Crippen LogP contribution in [-0.2, 0) is 0 Å². The van der Waals surface area contributed by atoms with Gasteiger partial charge in [0.2, 0.25) is 5.95 Å². The molecule has 0 spiro atoms. The summed E-state index contributed by atoms with van der Waals surface area (Å²) in [6.45, 7) is 1.96. The van der Waals surface area contributed by atoms with Crippen LogP contribution < -0.4 is 10.6 Å². The summed E-state index contributed by atoms with van der Waals surface area (Å²) in [6, 6.07) is 8.06. The van der Waals surface area contributed by atoms with Crippen molar-refractivity contribution in [1.82, 2.24) is 24.9 Å². The van der Waals surface area contributed by atoms with E-state index in [9.17, 15) is 4.39 Å². The van der Waals surface area contributed by atoms with Crippen molar-refractivity contribution in [3.05, 3.63) is 72.0 Å². The molecular formula is C19H16FN7S. The fraction of sp³-hybridized carbons (Fsp3) is 0.105. The minimum Gasteiger partial charge on any atom is -0.348 e. The van der Waals surface area contributed by atoms with Gasteiger partial charge in [0.05, 0.1) is 28.3 Å². The van der Waals surface area contributed by atoms with E-state index < -0.39 is 0 Å². The van der Waals surface area contributed by atoms with Crippen molar-refractivity contribution < 1.29 is 4.39 Å². The first-order chi connectivity index (χ1) is 13.7. The lowest BCUT2D eigenvalue weighted by Crippen LogP contribution is -2.11. The Hall–Kier alpha value is -3.46. The predicted molar refractivity (Wildman–Crippen MR) is 107 cm³/mol. The topological polar surface area (TPSA) is 88.5 Å². The SMILES string of the molecule is C[C@H](Nc1nc(Nc2cnccn2)cc(-c2cncs2)n1)c1ccc(F)cc1. The molecule has 3 heterocycles. The summed E-state index contributed by atoms with van der Waals surface area (Å²) in [5, 5.41) is 6.41. The Morgan fingerprint density at radius 3 is 2.57 bits per heavy atom. The van der Waals surface area contributed by atoms with Crippen LogP contribution in [0.25, 0.3) is 10.6 Å². The molecule has 0 aliphatic carbocycles. The highest BCUT2D eigenvalue weighted by atomic mass is 32.1. The van der Waals surface area contributed by atoms with Crippen molar-refractivity contribution in [1.29, 1.82) is 0 Å². The first-order valence-electron chi connectivity index (χ1n) is 8.50. The van der Waals surface area contributed by atoms with Gasteiger partial charge in [0, 0.05) is 24.7 Å². The molecule has 3 aromatic heterocycles. The molecule has 140 valence electrons. The third-order valence-electron chi connectivity index (χ3n) is 3.95. The highest BCUT2D eigenvalue weighted by Gasteiger charge is 2.12. The number of anilines is 3. The second-order valence-electron chi connectivity index (χ2n) is 5.96. The lowest BCUT2D eigenvalue weighted by Gasteiger charge is -2.16. The highest BCUT2D eigenvalue weighted by Crippen LogP contribution is 2.27. The minimum absolute atomic E-state index is 0.110. The number of hydrogen-bond donors (Lipinski definition) is 2. The van der Waals surface area contributed by atoms with E-state index in [1.54, 1.807) is 42.4 Å². The first-order valence-corrected chi connectivity index (χ1v) is 9.38. The minimum atomic E-state index is -0.269. The van der Waals surface area contributed by atoms with Crippen molar-refractivity contribution >= 4 is 28.9 Å². The normalized spacial score (nSPS) is 11.8. The Morgan fingerprint density at radius 2 is 1.86 bits per heavy atom. The lowest BCUT2D eigenvalue weighted by molar-refractivity contribution is 0.626. The molecule has 4 rings (SSSR count). The smallest absolute Gasteiger partial charge is 0.225 e. The summed E-state index contributed by atoms with van der Waals surface area (Å²) in [5.74, 6) is 1.32. The molecule has 1 atom stereocenters. The van der Waals surface area contributed by atoms with Gasteiger partial charge in [-0.15, -0.1) is 11.3 Å². The molecule has 7 nitrogen and oxygen atoms in total. The highest BCUT2D eigenvalue weighted by molar-refractivity contribution is 7.13. The standard InChI is InChI=1S/C19H16FN7S/c1-12(13-2-4-14(20)5-3-13)24-19-25-15(16-9-22-11-28-16)8-17(27-19)26-18-10-21-6-7-23-18/h2-12H,1H3,(H2,23,24,25,26,27)/t12-/m0/s1. The number of benzene rings is 1. The summed E-state index contributed by atoms with van der Waals surface area (Å²) in [7, 11) is 0. The summed E-state index contributed by atoms with van der Waals surface area (Å²) in [4.78, 5) is 22.4. The van der Waals surface area contributed by atoms with Gasteiger partial charge in [0.25, 0.3) is 0 Å². The van der Waals surface area contributed by atoms with E-state index in [4.69, 9.17) is 0 Å². The van der Waals surface area contributed by atoms with Gasteiger partial charge < -0.3 is 10.6 Å². The van der Waals surface area contributed by atoms with Crippen LogP contribution in [0.5, 0.6) is 0 Å². The van der Waals surface area contributed by atoms with Gasteiger partial charge >= 0.3 is 0 Å². The Kier molecular flexibility index (Phi) is 5.16. The molecule has 0 aliphatic heterocycles. The number of hydrogen-bond acceptors (Lipinski definition) is 8. The average molecular weight is 393 g/mol. The molecule has 0 saturated heterocycles. The van der Waals surface area contributed by atoms with Crippen LogP contribution in [0, 0.1) is 5.82 Å². The summed E-state index contributed by atoms with van der Waals surface area (Å²) < 4.78 is 13.2. The molecule has 0 bridgehead atoms. The fourth-order valence-corrected chi connectivity index (χ4v) is 3.15. The molecule has 28 heavy (non-hydrogen) atoms. The monoisotopic (exact) mass is 393 g/mol. The molecule has 1 aromatic carbocycles. The quantitative estimate of drug-likeness (QED) is 0.500. The molecule has 0 radical (unpaired) electrons. The number of nitrogens with one attached hydrogen (secondary N) is 2. The molecule has 9 heteroatoms. The number of thiazole rings is 1. The van der Waals surface area contributed by atoms with Crippen LogP contribution in [-0.4, -0.2) is 24.9 Å². The molecule has 0 aliphatic rings. The Bertz CT molecular complexity index is 1040. The largest absolute Gasteiger partial charge is 0.348 e. The molecular weight excluding hydrogens is 377 g/mol. The lowest BCUT2D eigenvalue weighted by atomic mass is 10.1. The van der Waals surface area contributed by atoms with Crippen molar-refractivity contribution in [3.63, 3.8) is 0 Å². The van der Waals surface area contributed by atoms with E-state index in [2.05, 4.69) is 35.6 Å². The third kappa shape index (κ3) is 4.26. The van der Waals surface area contributed by atoms with Gasteiger partial charge in [-0.1, -0.05) is 12.1 Å². The first kappa shape index (κ1) is 17.9. The van der Waals surface area contributed by atoms with Crippen molar-refractivity contribution in [3.8, 4) is 10.6 Å². The second-order valence-corrected chi connectivity index (χ2v) is 6.85. The molecule has 0 amide bonds. The van der Waals surface area contributed by atoms with E-state index in [1.807, 2.05) is 13.0 Å². The fourth-order valence-electron chi connectivity index (χ4n) is 2.57. The molecule has 0 fully saturated rings. The van der Waals surface area contributed by atoms with Crippen LogP contribution in [0.15, 0.2) is 60.6 Å². The van der Waals surface area contributed by atoms with E-state index >= 15 is 0 Å². The zero-order valence-electron chi connectivity index (χ0n) is 14.9. The molecule has 4 aromatic rings. The maximum atomic E-state index is 13.2. The van der Waals surface area contributed by atoms with Crippen LogP contribution in [0.3, 0.4) is 0 Å². The number of rotatable bonds is 6. The Balaban J connectivity index is 1.64. The summed E-state index contributed by atoms with van der Waals surface area (Å²) in [6.07, 6.45) is 6.57. The van der Waals surface area contributed by atoms with Gasteiger partial charge in [-0.05, 0) is 24.6 Å². The van der Waals surface area contributed by atoms with E-state index in [0.717, 1.165) is 16.1 Å². The maximum absolute atomic E-state index is 13.2. The van der Waals surface area contributed by atoms with Crippen molar-refractivity contribution in [2.75, 3.05) is 10.6 Å². The van der Waals surface area contributed by atoms with Gasteiger partial charge in [0.15, 0.2) is 0 Å². The summed E-state index contributed by atoms with van der Waals surface area (Å²) in [5.41, 5.74) is 3.41. The van der Waals surface area contributed by atoms with E-state index in [1.165, 1.54) is 23.5 Å². The third-order valence-corrected chi connectivity index (χ3v) is 4.74. The molecule has 2 N–H and O–H groups in total. The van der Waals surface area contributed by atoms with Crippen LogP contribution in [0.1, 0.15) is 18.5 Å². The molecule has 0 saturated carbocycles. The number of aromatic nitrogens is 5. The van der Waals surface area contributed by atoms with E-state index in [0.29, 0.717) is 17.6 Å². The van der Waals surface area contributed by atoms with Crippen LogP contribution in [0.2, 0.25) is 0 Å². The second kappa shape index (κ2) is 8.05. The average Bonchev–Trinajstić information content (AvgIpc) is 3.24. The zero-order chi connectivity index (χ0) is 19.3. The van der Waals surface area contributed by atoms with Gasteiger partial charge in [-0.2, -0.15) is 4.98 Å². The van der Waals surface area contributed by atoms with Gasteiger partial charge in [-0.25, -0.2) is 14.4 Å². The van der Waals surface area contributed by atoms with E-state index in [-0.39, 0.29) is 11.9 Å². The van der Waals surface area contributed by atoms with Crippen molar-refractivity contribution in [2.24, 2.45) is 0 Å². The van der Waals surface area contributed by atoms with Crippen molar-refractivity contribution in [2.45, 2.75) is 13.0 Å². The Morgan fingerprint density at radius 1 is 1.00 bits per heavy atom.